The summed E-state index contributed by atoms with van der Waals surface area (Å²) in [6, 6.07) is 16.9. The van der Waals surface area contributed by atoms with Crippen molar-refractivity contribution in [1.29, 1.82) is 0 Å². The third-order valence-corrected chi connectivity index (χ3v) is 6.15. The van der Waals surface area contributed by atoms with Crippen LogP contribution in [0, 0.1) is 6.92 Å². The molecule has 1 aliphatic carbocycles. The lowest BCUT2D eigenvalue weighted by atomic mass is 9.94. The van der Waals surface area contributed by atoms with Gasteiger partial charge in [-0.15, -0.1) is 0 Å². The quantitative estimate of drug-likeness (QED) is 0.647. The van der Waals surface area contributed by atoms with E-state index in [0.29, 0.717) is 12.6 Å². The molecule has 146 valence electrons. The van der Waals surface area contributed by atoms with Gasteiger partial charge >= 0.3 is 0 Å². The van der Waals surface area contributed by atoms with E-state index in [1.165, 1.54) is 30.4 Å². The number of hydrogen-bond acceptors (Lipinski definition) is 2. The highest BCUT2D eigenvalue weighted by Crippen LogP contribution is 2.24. The lowest BCUT2D eigenvalue weighted by Crippen LogP contribution is -2.40. The average molecular weight is 376 g/mol. The Morgan fingerprint density at radius 3 is 2.57 bits per heavy atom. The fourth-order valence-corrected chi connectivity index (χ4v) is 4.33. The van der Waals surface area contributed by atoms with Crippen LogP contribution in [0.5, 0.6) is 0 Å². The number of benzene rings is 2. The first-order chi connectivity index (χ1) is 13.6. The van der Waals surface area contributed by atoms with Crippen molar-refractivity contribution < 1.29 is 4.79 Å². The summed E-state index contributed by atoms with van der Waals surface area (Å²) >= 11 is 0. The number of amides is 1. The van der Waals surface area contributed by atoms with Crippen LogP contribution in [0.2, 0.25) is 0 Å². The maximum atomic E-state index is 13.1. The molecular formula is C24H29N3O. The van der Waals surface area contributed by atoms with Crippen LogP contribution in [-0.2, 0) is 17.8 Å². The lowest BCUT2D eigenvalue weighted by molar-refractivity contribution is -0.133. The Labute approximate surface area is 167 Å². The summed E-state index contributed by atoms with van der Waals surface area (Å²) < 4.78 is 2.11. The monoisotopic (exact) mass is 375 g/mol. The number of carbonyl (C=O) groups excluding carboxylic acids is 1. The van der Waals surface area contributed by atoms with Gasteiger partial charge in [0.05, 0.1) is 11.0 Å². The highest BCUT2D eigenvalue weighted by Gasteiger charge is 2.23. The molecule has 0 bridgehead atoms. The number of aromatic nitrogens is 2. The molecule has 1 fully saturated rings. The van der Waals surface area contributed by atoms with Crippen molar-refractivity contribution in [2.75, 3.05) is 7.05 Å². The molecule has 0 unspecified atom stereocenters. The second kappa shape index (κ2) is 8.17. The molecule has 2 aromatic carbocycles. The maximum absolute atomic E-state index is 13.1. The summed E-state index contributed by atoms with van der Waals surface area (Å²) in [6.07, 6.45) is 6.75. The highest BCUT2D eigenvalue weighted by molar-refractivity contribution is 5.81. The third kappa shape index (κ3) is 3.82. The minimum atomic E-state index is 0.182. The van der Waals surface area contributed by atoms with Crippen molar-refractivity contribution >= 4 is 16.9 Å². The van der Waals surface area contributed by atoms with Gasteiger partial charge in [-0.1, -0.05) is 55.7 Å². The van der Waals surface area contributed by atoms with Crippen molar-refractivity contribution in [2.24, 2.45) is 0 Å². The van der Waals surface area contributed by atoms with E-state index >= 15 is 0 Å². The maximum Gasteiger partial charge on any atom is 0.242 e. The average Bonchev–Trinajstić information content (AvgIpc) is 3.07. The van der Waals surface area contributed by atoms with Crippen LogP contribution in [0.25, 0.3) is 11.0 Å². The molecule has 0 radical (unpaired) electrons. The molecule has 4 heteroatoms. The first kappa shape index (κ1) is 18.7. The number of hydrogen-bond donors (Lipinski definition) is 0. The van der Waals surface area contributed by atoms with Crippen LogP contribution in [0.15, 0.2) is 48.5 Å². The van der Waals surface area contributed by atoms with E-state index in [-0.39, 0.29) is 5.91 Å². The minimum absolute atomic E-state index is 0.182. The van der Waals surface area contributed by atoms with Gasteiger partial charge in [0, 0.05) is 19.5 Å². The molecular weight excluding hydrogens is 346 g/mol. The molecule has 0 N–H and O–H groups in total. The smallest absolute Gasteiger partial charge is 0.242 e. The largest absolute Gasteiger partial charge is 0.341 e. The zero-order valence-corrected chi connectivity index (χ0v) is 16.9. The van der Waals surface area contributed by atoms with Crippen molar-refractivity contribution in [3.05, 3.63) is 65.5 Å². The molecule has 1 amide bonds. The molecule has 0 atom stereocenters. The van der Waals surface area contributed by atoms with E-state index in [9.17, 15) is 4.79 Å². The van der Waals surface area contributed by atoms with Crippen LogP contribution in [0.3, 0.4) is 0 Å². The summed E-state index contributed by atoms with van der Waals surface area (Å²) in [5.41, 5.74) is 4.51. The number of carbonyl (C=O) groups is 1. The molecule has 4 nitrogen and oxygen atoms in total. The Kier molecular flexibility index (Phi) is 5.47. The number of nitrogens with zero attached hydrogens (tertiary/aromatic N) is 3. The number of aryl methyl sites for hydroxylation is 1. The predicted molar refractivity (Wildman–Crippen MR) is 113 cm³/mol. The molecule has 0 spiro atoms. The van der Waals surface area contributed by atoms with Crippen molar-refractivity contribution in [3.63, 3.8) is 0 Å². The Morgan fingerprint density at radius 2 is 1.79 bits per heavy atom. The Bertz CT molecular complexity index is 969. The fourth-order valence-electron chi connectivity index (χ4n) is 4.33. The van der Waals surface area contributed by atoms with Crippen LogP contribution in [0.4, 0.5) is 0 Å². The van der Waals surface area contributed by atoms with Crippen LogP contribution < -0.4 is 0 Å². The normalized spacial score (nSPS) is 15.1. The molecule has 0 aliphatic heterocycles. The SMILES string of the molecule is Cc1ccccc1Cc1nc2ccccc2n1CC(=O)N(C)C1CCCCC1. The molecule has 28 heavy (non-hydrogen) atoms. The van der Waals surface area contributed by atoms with Gasteiger partial charge in [0.1, 0.15) is 12.4 Å². The van der Waals surface area contributed by atoms with Gasteiger partial charge < -0.3 is 9.47 Å². The summed E-state index contributed by atoms with van der Waals surface area (Å²) in [6.45, 7) is 2.49. The Hall–Kier alpha value is -2.62. The van der Waals surface area contributed by atoms with E-state index < -0.39 is 0 Å². The van der Waals surface area contributed by atoms with Gasteiger partial charge in [-0.2, -0.15) is 0 Å². The number of para-hydroxylation sites is 2. The standard InChI is InChI=1S/C24H29N3O/c1-18-10-6-7-11-19(18)16-23-25-21-14-8-9-15-22(21)27(23)17-24(28)26(2)20-12-4-3-5-13-20/h6-11,14-15,20H,3-5,12-13,16-17H2,1-2H3. The summed E-state index contributed by atoms with van der Waals surface area (Å²) in [7, 11) is 1.97. The molecule has 1 saturated carbocycles. The molecule has 1 aromatic heterocycles. The van der Waals surface area contributed by atoms with Gasteiger partial charge in [-0.25, -0.2) is 4.98 Å². The van der Waals surface area contributed by atoms with E-state index in [4.69, 9.17) is 4.98 Å². The summed E-state index contributed by atoms with van der Waals surface area (Å²) in [5, 5.41) is 0. The van der Waals surface area contributed by atoms with E-state index in [1.54, 1.807) is 0 Å². The zero-order chi connectivity index (χ0) is 19.5. The number of likely N-dealkylation sites (N-methyl/N-ethyl adjacent to an activating group) is 1. The molecule has 1 aliphatic rings. The predicted octanol–water partition coefficient (Wildman–Crippen LogP) is 4.73. The molecule has 1 heterocycles. The fraction of sp³-hybridized carbons (Fsp3) is 0.417. The number of imidazole rings is 1. The van der Waals surface area contributed by atoms with Crippen LogP contribution >= 0.6 is 0 Å². The van der Waals surface area contributed by atoms with E-state index in [1.807, 2.05) is 30.1 Å². The molecule has 0 saturated heterocycles. The zero-order valence-electron chi connectivity index (χ0n) is 16.9. The first-order valence-electron chi connectivity index (χ1n) is 10.4. The van der Waals surface area contributed by atoms with Crippen molar-refractivity contribution in [1.82, 2.24) is 14.5 Å². The topological polar surface area (TPSA) is 38.1 Å². The number of rotatable bonds is 5. The van der Waals surface area contributed by atoms with E-state index in [2.05, 4.69) is 41.8 Å². The van der Waals surface area contributed by atoms with Crippen molar-refractivity contribution in [3.8, 4) is 0 Å². The van der Waals surface area contributed by atoms with E-state index in [0.717, 1.165) is 36.1 Å². The minimum Gasteiger partial charge on any atom is -0.341 e. The third-order valence-electron chi connectivity index (χ3n) is 6.15. The van der Waals surface area contributed by atoms with Gasteiger partial charge in [0.25, 0.3) is 0 Å². The summed E-state index contributed by atoms with van der Waals surface area (Å²) in [5.74, 6) is 1.14. The van der Waals surface area contributed by atoms with Gasteiger partial charge in [-0.3, -0.25) is 4.79 Å². The summed E-state index contributed by atoms with van der Waals surface area (Å²) in [4.78, 5) is 19.9. The second-order valence-electron chi connectivity index (χ2n) is 8.00. The lowest BCUT2D eigenvalue weighted by Gasteiger charge is -2.31. The highest BCUT2D eigenvalue weighted by atomic mass is 16.2. The van der Waals surface area contributed by atoms with Gasteiger partial charge in [0.15, 0.2) is 0 Å². The second-order valence-corrected chi connectivity index (χ2v) is 8.00. The van der Waals surface area contributed by atoms with Crippen LogP contribution in [-0.4, -0.2) is 33.4 Å². The Morgan fingerprint density at radius 1 is 1.07 bits per heavy atom. The molecule has 3 aromatic rings. The molecule has 4 rings (SSSR count). The first-order valence-corrected chi connectivity index (χ1v) is 10.4. The van der Waals surface area contributed by atoms with Gasteiger partial charge in [-0.05, 0) is 43.0 Å². The number of fused-ring (bicyclic) bond motifs is 1. The van der Waals surface area contributed by atoms with Crippen molar-refractivity contribution in [2.45, 2.75) is 58.0 Å². The van der Waals surface area contributed by atoms with Gasteiger partial charge in [0.2, 0.25) is 5.91 Å². The van der Waals surface area contributed by atoms with Crippen LogP contribution in [0.1, 0.15) is 49.1 Å². The Balaban J connectivity index is 1.63.